The van der Waals surface area contributed by atoms with Gasteiger partial charge in [0, 0.05) is 38.8 Å². The highest BCUT2D eigenvalue weighted by Crippen LogP contribution is 2.27. The molecule has 0 aromatic carbocycles. The third kappa shape index (κ3) is 2.55. The summed E-state index contributed by atoms with van der Waals surface area (Å²) in [6, 6.07) is 0.962. The molecule has 0 spiro atoms. The van der Waals surface area contributed by atoms with Gasteiger partial charge in [0.25, 0.3) is 0 Å². The Hall–Kier alpha value is -0.340. The molecule has 1 aliphatic heterocycles. The second-order valence-corrected chi connectivity index (χ2v) is 4.14. The van der Waals surface area contributed by atoms with Crippen molar-refractivity contribution in [3.63, 3.8) is 0 Å². The molecule has 2 fully saturated rings. The number of hydrogen-bond donors (Lipinski definition) is 0. The smallest absolute Gasteiger partial charge is 0.0164 e. The Kier molecular flexibility index (Phi) is 3.01. The van der Waals surface area contributed by atoms with Gasteiger partial charge in [-0.05, 0) is 19.8 Å². The Balaban J connectivity index is 1.69. The third-order valence-electron chi connectivity index (χ3n) is 3.07. The van der Waals surface area contributed by atoms with Crippen LogP contribution in [0.2, 0.25) is 0 Å². The summed E-state index contributed by atoms with van der Waals surface area (Å²) >= 11 is 0. The van der Waals surface area contributed by atoms with Gasteiger partial charge in [-0.3, -0.25) is 9.80 Å². The molecule has 0 amide bonds. The Labute approximate surface area is 81.2 Å². The highest BCUT2D eigenvalue weighted by Gasteiger charge is 2.30. The summed E-state index contributed by atoms with van der Waals surface area (Å²) in [5, 5.41) is 0. The maximum absolute atomic E-state index is 2.66. The van der Waals surface area contributed by atoms with Crippen LogP contribution >= 0.6 is 0 Å². The minimum absolute atomic E-state index is 0.962. The summed E-state index contributed by atoms with van der Waals surface area (Å²) in [5.41, 5.74) is 0. The molecule has 2 heteroatoms. The van der Waals surface area contributed by atoms with Crippen molar-refractivity contribution in [1.82, 2.24) is 9.80 Å². The van der Waals surface area contributed by atoms with Crippen LogP contribution in [-0.4, -0.2) is 48.6 Å². The van der Waals surface area contributed by atoms with Crippen LogP contribution in [0.4, 0.5) is 0 Å². The van der Waals surface area contributed by atoms with Gasteiger partial charge in [0.2, 0.25) is 0 Å². The standard InChI is InChI=1S/C11H20N2/c1-2-3-6-12-7-9-13(10-8-12)11-4-5-11/h2-3,11H,4-10H2,1H3/b3-2+. The fourth-order valence-electron chi connectivity index (χ4n) is 2.01. The quantitative estimate of drug-likeness (QED) is 0.605. The molecule has 0 aromatic heterocycles. The molecule has 2 nitrogen and oxygen atoms in total. The normalized spacial score (nSPS) is 27.2. The van der Waals surface area contributed by atoms with E-state index in [4.69, 9.17) is 0 Å². The molecular weight excluding hydrogens is 160 g/mol. The van der Waals surface area contributed by atoms with E-state index >= 15 is 0 Å². The lowest BCUT2D eigenvalue weighted by molar-refractivity contribution is 0.136. The molecule has 1 heterocycles. The van der Waals surface area contributed by atoms with Crippen LogP contribution in [0, 0.1) is 0 Å². The van der Waals surface area contributed by atoms with Gasteiger partial charge in [0.1, 0.15) is 0 Å². The summed E-state index contributed by atoms with van der Waals surface area (Å²) in [6.45, 7) is 8.36. The Bertz CT molecular complexity index is 177. The van der Waals surface area contributed by atoms with Crippen LogP contribution in [0.25, 0.3) is 0 Å². The SMILES string of the molecule is C/C=C/CN1CCN(C2CC2)CC1. The van der Waals surface area contributed by atoms with E-state index in [1.54, 1.807) is 0 Å². The van der Waals surface area contributed by atoms with Gasteiger partial charge in [0.05, 0.1) is 0 Å². The highest BCUT2D eigenvalue weighted by molar-refractivity contribution is 4.89. The van der Waals surface area contributed by atoms with E-state index in [0.29, 0.717) is 0 Å². The van der Waals surface area contributed by atoms with E-state index < -0.39 is 0 Å². The van der Waals surface area contributed by atoms with Crippen molar-refractivity contribution in [2.24, 2.45) is 0 Å². The minimum Gasteiger partial charge on any atom is -0.298 e. The molecule has 2 rings (SSSR count). The van der Waals surface area contributed by atoms with Crippen LogP contribution in [0.1, 0.15) is 19.8 Å². The topological polar surface area (TPSA) is 6.48 Å². The predicted molar refractivity (Wildman–Crippen MR) is 55.8 cm³/mol. The van der Waals surface area contributed by atoms with Gasteiger partial charge in [-0.1, -0.05) is 12.2 Å². The lowest BCUT2D eigenvalue weighted by atomic mass is 10.3. The van der Waals surface area contributed by atoms with E-state index in [9.17, 15) is 0 Å². The van der Waals surface area contributed by atoms with Gasteiger partial charge < -0.3 is 0 Å². The number of hydrogen-bond acceptors (Lipinski definition) is 2. The van der Waals surface area contributed by atoms with Gasteiger partial charge in [0.15, 0.2) is 0 Å². The fourth-order valence-corrected chi connectivity index (χ4v) is 2.01. The summed E-state index contributed by atoms with van der Waals surface area (Å²) in [7, 11) is 0. The van der Waals surface area contributed by atoms with Crippen molar-refractivity contribution in [2.45, 2.75) is 25.8 Å². The Morgan fingerprint density at radius 3 is 2.38 bits per heavy atom. The predicted octanol–water partition coefficient (Wildman–Crippen LogP) is 1.34. The average molecular weight is 180 g/mol. The van der Waals surface area contributed by atoms with E-state index in [1.807, 2.05) is 0 Å². The molecule has 0 N–H and O–H groups in total. The molecule has 0 radical (unpaired) electrons. The minimum atomic E-state index is 0.962. The Morgan fingerprint density at radius 2 is 1.85 bits per heavy atom. The first-order valence-electron chi connectivity index (χ1n) is 5.47. The molecule has 0 aromatic rings. The van der Waals surface area contributed by atoms with Crippen molar-refractivity contribution in [2.75, 3.05) is 32.7 Å². The van der Waals surface area contributed by atoms with Crippen molar-refractivity contribution in [3.8, 4) is 0 Å². The molecule has 2 aliphatic rings. The maximum atomic E-state index is 2.66. The molecule has 0 atom stereocenters. The number of rotatable bonds is 3. The maximum Gasteiger partial charge on any atom is 0.0164 e. The Morgan fingerprint density at radius 1 is 1.15 bits per heavy atom. The number of piperazine rings is 1. The van der Waals surface area contributed by atoms with Crippen LogP contribution in [-0.2, 0) is 0 Å². The molecule has 1 saturated heterocycles. The summed E-state index contributed by atoms with van der Waals surface area (Å²) in [4.78, 5) is 5.20. The lowest BCUT2D eigenvalue weighted by Crippen LogP contribution is -2.47. The van der Waals surface area contributed by atoms with Crippen LogP contribution in [0.3, 0.4) is 0 Å². The zero-order chi connectivity index (χ0) is 9.10. The van der Waals surface area contributed by atoms with Gasteiger partial charge in [-0.25, -0.2) is 0 Å². The van der Waals surface area contributed by atoms with E-state index in [0.717, 1.165) is 12.6 Å². The van der Waals surface area contributed by atoms with Crippen LogP contribution < -0.4 is 0 Å². The molecule has 13 heavy (non-hydrogen) atoms. The zero-order valence-electron chi connectivity index (χ0n) is 8.58. The fraction of sp³-hybridized carbons (Fsp3) is 0.818. The zero-order valence-corrected chi connectivity index (χ0v) is 8.58. The van der Waals surface area contributed by atoms with Gasteiger partial charge >= 0.3 is 0 Å². The van der Waals surface area contributed by atoms with Crippen molar-refractivity contribution < 1.29 is 0 Å². The largest absolute Gasteiger partial charge is 0.298 e. The molecule has 74 valence electrons. The second-order valence-electron chi connectivity index (χ2n) is 4.14. The number of allylic oxidation sites excluding steroid dienone is 1. The summed E-state index contributed by atoms with van der Waals surface area (Å²) in [6.07, 6.45) is 7.31. The average Bonchev–Trinajstić information content (AvgIpc) is 2.99. The molecule has 0 bridgehead atoms. The van der Waals surface area contributed by atoms with Crippen molar-refractivity contribution in [3.05, 3.63) is 12.2 Å². The first-order valence-corrected chi connectivity index (χ1v) is 5.47. The molecule has 1 aliphatic carbocycles. The second kappa shape index (κ2) is 4.25. The summed E-state index contributed by atoms with van der Waals surface area (Å²) < 4.78 is 0. The van der Waals surface area contributed by atoms with Crippen LogP contribution in [0.5, 0.6) is 0 Å². The highest BCUT2D eigenvalue weighted by atomic mass is 15.3. The van der Waals surface area contributed by atoms with E-state index in [-0.39, 0.29) is 0 Å². The molecular formula is C11H20N2. The monoisotopic (exact) mass is 180 g/mol. The number of nitrogens with zero attached hydrogens (tertiary/aromatic N) is 2. The van der Waals surface area contributed by atoms with Gasteiger partial charge in [-0.2, -0.15) is 0 Å². The van der Waals surface area contributed by atoms with Crippen molar-refractivity contribution >= 4 is 0 Å². The molecule has 0 unspecified atom stereocenters. The molecule has 1 saturated carbocycles. The first-order chi connectivity index (χ1) is 6.40. The lowest BCUT2D eigenvalue weighted by Gasteiger charge is -2.34. The van der Waals surface area contributed by atoms with E-state index in [1.165, 1.54) is 39.0 Å². The third-order valence-corrected chi connectivity index (χ3v) is 3.07. The first kappa shape index (κ1) is 9.22. The van der Waals surface area contributed by atoms with Gasteiger partial charge in [-0.15, -0.1) is 0 Å². The van der Waals surface area contributed by atoms with Crippen LogP contribution in [0.15, 0.2) is 12.2 Å². The summed E-state index contributed by atoms with van der Waals surface area (Å²) in [5.74, 6) is 0. The van der Waals surface area contributed by atoms with E-state index in [2.05, 4.69) is 28.9 Å². The van der Waals surface area contributed by atoms with Crippen molar-refractivity contribution in [1.29, 1.82) is 0 Å².